The number of nitrogens with zero attached hydrogens (tertiary/aromatic N) is 1. The Bertz CT molecular complexity index is 913. The monoisotopic (exact) mass is 466 g/mol. The molecule has 3 N–H and O–H groups in total. The summed E-state index contributed by atoms with van der Waals surface area (Å²) < 4.78 is 16.0. The highest BCUT2D eigenvalue weighted by Crippen LogP contribution is 2.33. The van der Waals surface area contributed by atoms with Crippen LogP contribution in [0.15, 0.2) is 36.4 Å². The molecule has 0 fully saturated rings. The standard InChI is InChI=1S/C22H27ClN2O7/c1-30-16-10-18(31-2)17(19(11-16)32-3)12-24-8-7-20(26)25(13-21(27)28)22(29)14-5-4-6-15(23)9-14/h4-6,9-11,22,24,29H,7-8,12-13H2,1-3H3,(H,27,28). The molecule has 0 aromatic heterocycles. The minimum atomic E-state index is -1.43. The number of methoxy groups -OCH3 is 3. The Labute approximate surface area is 191 Å². The van der Waals surface area contributed by atoms with Crippen LogP contribution in [-0.4, -0.2) is 61.4 Å². The number of aliphatic hydroxyl groups is 1. The van der Waals surface area contributed by atoms with Crippen molar-refractivity contribution >= 4 is 23.5 Å². The second-order valence-corrected chi connectivity index (χ2v) is 7.22. The van der Waals surface area contributed by atoms with Crippen LogP contribution in [0.1, 0.15) is 23.8 Å². The average molecular weight is 467 g/mol. The van der Waals surface area contributed by atoms with Gasteiger partial charge in [-0.3, -0.25) is 9.59 Å². The second kappa shape index (κ2) is 12.1. The summed E-state index contributed by atoms with van der Waals surface area (Å²) in [5.41, 5.74) is 1.07. The molecule has 2 rings (SSSR count). The second-order valence-electron chi connectivity index (χ2n) is 6.78. The molecule has 10 heteroatoms. The average Bonchev–Trinajstić information content (AvgIpc) is 2.79. The van der Waals surface area contributed by atoms with Gasteiger partial charge in [0.2, 0.25) is 5.91 Å². The van der Waals surface area contributed by atoms with E-state index in [9.17, 15) is 19.8 Å². The van der Waals surface area contributed by atoms with E-state index >= 15 is 0 Å². The van der Waals surface area contributed by atoms with Gasteiger partial charge in [-0.05, 0) is 12.1 Å². The summed E-state index contributed by atoms with van der Waals surface area (Å²) in [6.45, 7) is -0.0818. The molecule has 1 unspecified atom stereocenters. The van der Waals surface area contributed by atoms with E-state index in [1.165, 1.54) is 20.3 Å². The third-order valence-electron chi connectivity index (χ3n) is 4.70. The normalized spacial score (nSPS) is 11.5. The largest absolute Gasteiger partial charge is 0.496 e. The number of halogens is 1. The number of hydrogen-bond acceptors (Lipinski definition) is 7. The molecule has 2 aromatic carbocycles. The van der Waals surface area contributed by atoms with Crippen molar-refractivity contribution in [1.82, 2.24) is 10.2 Å². The predicted octanol–water partition coefficient (Wildman–Crippen LogP) is 2.45. The lowest BCUT2D eigenvalue weighted by molar-refractivity contribution is -0.153. The molecule has 1 amide bonds. The molecular weight excluding hydrogens is 440 g/mol. The molecule has 0 aliphatic heterocycles. The molecule has 2 aromatic rings. The predicted molar refractivity (Wildman–Crippen MR) is 118 cm³/mol. The molecule has 174 valence electrons. The van der Waals surface area contributed by atoms with E-state index in [1.807, 2.05) is 0 Å². The summed E-state index contributed by atoms with van der Waals surface area (Å²) in [7, 11) is 4.60. The molecule has 0 saturated carbocycles. The molecule has 1 atom stereocenters. The van der Waals surface area contributed by atoms with Crippen LogP contribution in [0, 0.1) is 0 Å². The zero-order valence-corrected chi connectivity index (χ0v) is 18.9. The number of hydrogen-bond donors (Lipinski definition) is 3. The van der Waals surface area contributed by atoms with Crippen LogP contribution in [0.4, 0.5) is 0 Å². The highest BCUT2D eigenvalue weighted by molar-refractivity contribution is 6.30. The van der Waals surface area contributed by atoms with Gasteiger partial charge in [0.15, 0.2) is 6.23 Å². The summed E-state index contributed by atoms with van der Waals surface area (Å²) in [4.78, 5) is 24.8. The van der Waals surface area contributed by atoms with Crippen LogP contribution in [0.5, 0.6) is 17.2 Å². The minimum absolute atomic E-state index is 0.0360. The smallest absolute Gasteiger partial charge is 0.323 e. The van der Waals surface area contributed by atoms with Crippen molar-refractivity contribution < 1.29 is 34.0 Å². The van der Waals surface area contributed by atoms with Crippen molar-refractivity contribution in [3.63, 3.8) is 0 Å². The number of nitrogens with one attached hydrogen (secondary N) is 1. The number of rotatable bonds is 12. The lowest BCUT2D eigenvalue weighted by atomic mass is 10.1. The van der Waals surface area contributed by atoms with Crippen molar-refractivity contribution in [2.24, 2.45) is 0 Å². The Morgan fingerprint density at radius 1 is 1.09 bits per heavy atom. The van der Waals surface area contributed by atoms with Crippen molar-refractivity contribution in [2.75, 3.05) is 34.4 Å². The van der Waals surface area contributed by atoms with E-state index in [1.54, 1.807) is 37.4 Å². The molecule has 0 heterocycles. The fourth-order valence-electron chi connectivity index (χ4n) is 3.11. The third-order valence-corrected chi connectivity index (χ3v) is 4.94. The first-order valence-corrected chi connectivity index (χ1v) is 10.1. The van der Waals surface area contributed by atoms with Crippen LogP contribution >= 0.6 is 11.6 Å². The van der Waals surface area contributed by atoms with Gasteiger partial charge in [-0.15, -0.1) is 0 Å². The number of benzene rings is 2. The van der Waals surface area contributed by atoms with Crippen molar-refractivity contribution in [3.05, 3.63) is 52.5 Å². The SMILES string of the molecule is COc1cc(OC)c(CNCCC(=O)N(CC(=O)O)C(O)c2cccc(Cl)c2)c(OC)c1. The van der Waals surface area contributed by atoms with Crippen molar-refractivity contribution in [2.45, 2.75) is 19.2 Å². The third kappa shape index (κ3) is 6.74. The number of carboxylic acid groups (broad SMARTS) is 1. The number of carboxylic acids is 1. The lowest BCUT2D eigenvalue weighted by Crippen LogP contribution is -2.40. The van der Waals surface area contributed by atoms with E-state index in [2.05, 4.69) is 5.32 Å². The molecule has 0 aliphatic carbocycles. The molecule has 0 radical (unpaired) electrons. The van der Waals surface area contributed by atoms with Crippen LogP contribution in [0.3, 0.4) is 0 Å². The number of aliphatic carboxylic acids is 1. The van der Waals surface area contributed by atoms with Crippen LogP contribution in [-0.2, 0) is 16.1 Å². The van der Waals surface area contributed by atoms with Gasteiger partial charge >= 0.3 is 5.97 Å². The fourth-order valence-corrected chi connectivity index (χ4v) is 3.31. The maximum absolute atomic E-state index is 12.7. The minimum Gasteiger partial charge on any atom is -0.496 e. The Kier molecular flexibility index (Phi) is 9.58. The van der Waals surface area contributed by atoms with E-state index < -0.39 is 24.6 Å². The zero-order chi connectivity index (χ0) is 23.7. The van der Waals surface area contributed by atoms with E-state index in [0.717, 1.165) is 10.5 Å². The van der Waals surface area contributed by atoms with Crippen LogP contribution in [0.25, 0.3) is 0 Å². The van der Waals surface area contributed by atoms with Gasteiger partial charge in [0.1, 0.15) is 23.8 Å². The Hall–Kier alpha value is -3.01. The van der Waals surface area contributed by atoms with E-state index in [4.69, 9.17) is 25.8 Å². The summed E-state index contributed by atoms with van der Waals surface area (Å²) in [6.07, 6.45) is -1.47. The fraction of sp³-hybridized carbons (Fsp3) is 0.364. The molecule has 0 bridgehead atoms. The molecule has 0 saturated heterocycles. The molecule has 0 aliphatic rings. The number of carbonyl (C=O) groups is 2. The summed E-state index contributed by atoms with van der Waals surface area (Å²) in [5, 5.41) is 23.2. The van der Waals surface area contributed by atoms with Gasteiger partial charge in [-0.2, -0.15) is 0 Å². The zero-order valence-electron chi connectivity index (χ0n) is 18.1. The first-order valence-electron chi connectivity index (χ1n) is 9.75. The highest BCUT2D eigenvalue weighted by atomic mass is 35.5. The van der Waals surface area contributed by atoms with Crippen LogP contribution in [0.2, 0.25) is 5.02 Å². The maximum Gasteiger partial charge on any atom is 0.323 e. The number of aliphatic hydroxyl groups excluding tert-OH is 1. The molecular formula is C22H27ClN2O7. The van der Waals surface area contributed by atoms with Gasteiger partial charge in [-0.25, -0.2) is 0 Å². The van der Waals surface area contributed by atoms with Gasteiger partial charge in [0.05, 0.1) is 26.9 Å². The topological polar surface area (TPSA) is 118 Å². The Morgan fingerprint density at radius 3 is 2.28 bits per heavy atom. The van der Waals surface area contributed by atoms with Crippen LogP contribution < -0.4 is 19.5 Å². The number of carbonyl (C=O) groups excluding carboxylic acids is 1. The van der Waals surface area contributed by atoms with Gasteiger partial charge in [0, 0.05) is 42.2 Å². The van der Waals surface area contributed by atoms with Crippen molar-refractivity contribution in [3.8, 4) is 17.2 Å². The number of ether oxygens (including phenoxy) is 3. The van der Waals surface area contributed by atoms with E-state index in [0.29, 0.717) is 34.4 Å². The molecule has 32 heavy (non-hydrogen) atoms. The highest BCUT2D eigenvalue weighted by Gasteiger charge is 2.25. The Morgan fingerprint density at radius 2 is 1.75 bits per heavy atom. The van der Waals surface area contributed by atoms with Gasteiger partial charge in [0.25, 0.3) is 0 Å². The first-order chi connectivity index (χ1) is 15.3. The maximum atomic E-state index is 12.7. The number of amides is 1. The van der Waals surface area contributed by atoms with Gasteiger partial charge in [-0.1, -0.05) is 23.7 Å². The summed E-state index contributed by atoms with van der Waals surface area (Å²) >= 11 is 5.94. The lowest BCUT2D eigenvalue weighted by Gasteiger charge is -2.27. The van der Waals surface area contributed by atoms with Gasteiger partial charge < -0.3 is 34.6 Å². The summed E-state index contributed by atoms with van der Waals surface area (Å²) in [5.74, 6) is -0.0640. The molecule has 9 nitrogen and oxygen atoms in total. The van der Waals surface area contributed by atoms with Crippen molar-refractivity contribution in [1.29, 1.82) is 0 Å². The van der Waals surface area contributed by atoms with E-state index in [-0.39, 0.29) is 13.0 Å². The Balaban J connectivity index is 2.04. The molecule has 0 spiro atoms. The first kappa shape index (κ1) is 25.3. The quantitative estimate of drug-likeness (QED) is 0.322. The summed E-state index contributed by atoms with van der Waals surface area (Å²) in [6, 6.07) is 9.73.